The molecule has 0 aliphatic rings. The van der Waals surface area contributed by atoms with Crippen molar-refractivity contribution in [1.29, 1.82) is 0 Å². The standard InChI is InChI=1S/C17H27N7O3.HI/c1-17(2,3)27-16(25)21-10-9-20-15(18-4)19-8-7-13-22-14(24-23-13)12-6-5-11-26-12;/h5-6,11H,7-10H2,1-4H3,(H,21,25)(H2,18,19,20)(H,22,23,24);1H. The van der Waals surface area contributed by atoms with Crippen LogP contribution >= 0.6 is 24.0 Å². The molecule has 0 unspecified atom stereocenters. The topological polar surface area (TPSA) is 129 Å². The second-order valence-electron chi connectivity index (χ2n) is 6.69. The summed E-state index contributed by atoms with van der Waals surface area (Å²) in [4.78, 5) is 20.1. The number of guanidine groups is 1. The lowest BCUT2D eigenvalue weighted by atomic mass is 10.2. The van der Waals surface area contributed by atoms with Crippen molar-refractivity contribution in [2.45, 2.75) is 32.8 Å². The Labute approximate surface area is 181 Å². The molecule has 10 nitrogen and oxygen atoms in total. The van der Waals surface area contributed by atoms with Gasteiger partial charge < -0.3 is 25.1 Å². The third kappa shape index (κ3) is 8.59. The van der Waals surface area contributed by atoms with E-state index in [1.165, 1.54) is 0 Å². The number of carbonyl (C=O) groups is 1. The molecule has 0 bridgehead atoms. The van der Waals surface area contributed by atoms with Gasteiger partial charge >= 0.3 is 6.09 Å². The quantitative estimate of drug-likeness (QED) is 0.196. The van der Waals surface area contributed by atoms with Crippen molar-refractivity contribution >= 4 is 36.0 Å². The van der Waals surface area contributed by atoms with Crippen LogP contribution in [0.3, 0.4) is 0 Å². The number of rotatable bonds is 7. The van der Waals surface area contributed by atoms with E-state index in [9.17, 15) is 4.79 Å². The molecule has 2 rings (SSSR count). The minimum absolute atomic E-state index is 0. The Morgan fingerprint density at radius 2 is 1.96 bits per heavy atom. The lowest BCUT2D eigenvalue weighted by molar-refractivity contribution is 0.0529. The fourth-order valence-electron chi connectivity index (χ4n) is 2.10. The molecule has 28 heavy (non-hydrogen) atoms. The van der Waals surface area contributed by atoms with Gasteiger partial charge in [-0.25, -0.2) is 9.78 Å². The highest BCUT2D eigenvalue weighted by Gasteiger charge is 2.15. The van der Waals surface area contributed by atoms with Crippen molar-refractivity contribution in [3.63, 3.8) is 0 Å². The number of amides is 1. The molecule has 2 heterocycles. The highest BCUT2D eigenvalue weighted by Crippen LogP contribution is 2.14. The zero-order chi connectivity index (χ0) is 19.7. The molecule has 0 spiro atoms. The molecule has 0 radical (unpaired) electrons. The minimum Gasteiger partial charge on any atom is -0.461 e. The van der Waals surface area contributed by atoms with Gasteiger partial charge in [-0.1, -0.05) is 0 Å². The van der Waals surface area contributed by atoms with Crippen LogP contribution in [0.25, 0.3) is 11.6 Å². The first-order valence-corrected chi connectivity index (χ1v) is 8.74. The van der Waals surface area contributed by atoms with E-state index in [2.05, 4.69) is 36.1 Å². The summed E-state index contributed by atoms with van der Waals surface area (Å²) in [6, 6.07) is 3.60. The number of H-pyrrole nitrogens is 1. The van der Waals surface area contributed by atoms with Crippen LogP contribution < -0.4 is 16.0 Å². The van der Waals surface area contributed by atoms with E-state index in [1.807, 2.05) is 26.8 Å². The van der Waals surface area contributed by atoms with Crippen LogP contribution in [0.4, 0.5) is 4.79 Å². The van der Waals surface area contributed by atoms with Crippen LogP contribution in [0, 0.1) is 0 Å². The molecule has 0 atom stereocenters. The molecule has 0 saturated heterocycles. The average Bonchev–Trinajstić information content (AvgIpc) is 3.26. The fraction of sp³-hybridized carbons (Fsp3) is 0.529. The number of nitrogens with zero attached hydrogens (tertiary/aromatic N) is 3. The maximum atomic E-state index is 11.6. The molecule has 0 fully saturated rings. The summed E-state index contributed by atoms with van der Waals surface area (Å²) in [6.45, 7) is 7.02. The van der Waals surface area contributed by atoms with E-state index in [-0.39, 0.29) is 24.0 Å². The van der Waals surface area contributed by atoms with Crippen LogP contribution in [0.1, 0.15) is 26.6 Å². The lowest BCUT2D eigenvalue weighted by Crippen LogP contribution is -2.43. The maximum absolute atomic E-state index is 11.6. The summed E-state index contributed by atoms with van der Waals surface area (Å²) in [5.74, 6) is 2.54. The molecule has 0 aliphatic carbocycles. The van der Waals surface area contributed by atoms with Crippen LogP contribution in [0.5, 0.6) is 0 Å². The van der Waals surface area contributed by atoms with Gasteiger partial charge in [0, 0.05) is 33.1 Å². The summed E-state index contributed by atoms with van der Waals surface area (Å²) in [5, 5.41) is 16.0. The van der Waals surface area contributed by atoms with Gasteiger partial charge in [-0.15, -0.1) is 24.0 Å². The molecule has 1 amide bonds. The van der Waals surface area contributed by atoms with E-state index >= 15 is 0 Å². The average molecular weight is 505 g/mol. The smallest absolute Gasteiger partial charge is 0.407 e. The Kier molecular flexibility index (Phi) is 9.76. The zero-order valence-corrected chi connectivity index (χ0v) is 18.9. The Morgan fingerprint density at radius 3 is 2.61 bits per heavy atom. The second kappa shape index (κ2) is 11.5. The van der Waals surface area contributed by atoms with Crippen LogP contribution in [-0.4, -0.2) is 59.5 Å². The SMILES string of the molecule is CN=C(NCCNC(=O)OC(C)(C)C)NCCc1nc(-c2ccco2)n[nH]1.I. The summed E-state index contributed by atoms with van der Waals surface area (Å²) >= 11 is 0. The van der Waals surface area contributed by atoms with Gasteiger partial charge in [0.1, 0.15) is 11.4 Å². The van der Waals surface area contributed by atoms with Crippen molar-refractivity contribution in [3.8, 4) is 11.6 Å². The highest BCUT2D eigenvalue weighted by molar-refractivity contribution is 14.0. The third-order valence-corrected chi connectivity index (χ3v) is 3.24. The van der Waals surface area contributed by atoms with Crippen LogP contribution in [-0.2, 0) is 11.2 Å². The number of hydrogen-bond acceptors (Lipinski definition) is 6. The van der Waals surface area contributed by atoms with Crippen LogP contribution in [0.2, 0.25) is 0 Å². The summed E-state index contributed by atoms with van der Waals surface area (Å²) < 4.78 is 10.4. The maximum Gasteiger partial charge on any atom is 0.407 e. The van der Waals surface area contributed by atoms with Crippen molar-refractivity contribution in [2.24, 2.45) is 4.99 Å². The Balaban J connectivity index is 0.00000392. The number of aliphatic imine (C=N–C) groups is 1. The number of aromatic amines is 1. The molecular formula is C17H28IN7O3. The molecule has 2 aromatic heterocycles. The molecule has 4 N–H and O–H groups in total. The number of hydrogen-bond donors (Lipinski definition) is 4. The first-order chi connectivity index (χ1) is 12.9. The van der Waals surface area contributed by atoms with Crippen LogP contribution in [0.15, 0.2) is 27.8 Å². The minimum atomic E-state index is -0.507. The fourth-order valence-corrected chi connectivity index (χ4v) is 2.10. The number of furan rings is 1. The molecule has 156 valence electrons. The molecular weight excluding hydrogens is 477 g/mol. The van der Waals surface area contributed by atoms with Crippen molar-refractivity contribution in [1.82, 2.24) is 31.1 Å². The van der Waals surface area contributed by atoms with E-state index in [1.54, 1.807) is 19.4 Å². The van der Waals surface area contributed by atoms with Crippen molar-refractivity contribution in [2.75, 3.05) is 26.7 Å². The number of nitrogens with one attached hydrogen (secondary N) is 4. The second-order valence-corrected chi connectivity index (χ2v) is 6.69. The Bertz CT molecular complexity index is 738. The summed E-state index contributed by atoms with van der Waals surface area (Å²) in [6.07, 6.45) is 1.79. The van der Waals surface area contributed by atoms with E-state index in [0.29, 0.717) is 43.6 Å². The van der Waals surface area contributed by atoms with Gasteiger partial charge in [-0.3, -0.25) is 10.1 Å². The first-order valence-electron chi connectivity index (χ1n) is 8.74. The van der Waals surface area contributed by atoms with Gasteiger partial charge in [0.25, 0.3) is 0 Å². The number of alkyl carbamates (subject to hydrolysis) is 1. The highest BCUT2D eigenvalue weighted by atomic mass is 127. The molecule has 0 aliphatic heterocycles. The number of ether oxygens (including phenoxy) is 1. The van der Waals surface area contributed by atoms with E-state index in [0.717, 1.165) is 5.82 Å². The molecule has 11 heteroatoms. The van der Waals surface area contributed by atoms with Gasteiger partial charge in [0.05, 0.1) is 6.26 Å². The van der Waals surface area contributed by atoms with Gasteiger partial charge in [0.2, 0.25) is 5.82 Å². The molecule has 0 saturated carbocycles. The molecule has 0 aromatic carbocycles. The van der Waals surface area contributed by atoms with Crippen molar-refractivity contribution in [3.05, 3.63) is 24.2 Å². The summed E-state index contributed by atoms with van der Waals surface area (Å²) in [7, 11) is 1.68. The van der Waals surface area contributed by atoms with Gasteiger partial charge in [-0.05, 0) is 32.9 Å². The van der Waals surface area contributed by atoms with E-state index < -0.39 is 11.7 Å². The van der Waals surface area contributed by atoms with Gasteiger partial charge in [-0.2, -0.15) is 5.10 Å². The lowest BCUT2D eigenvalue weighted by Gasteiger charge is -2.19. The first kappa shape index (κ1) is 23.7. The number of carbonyl (C=O) groups excluding carboxylic acids is 1. The Hall–Kier alpha value is -2.31. The number of aromatic nitrogens is 3. The van der Waals surface area contributed by atoms with Crippen molar-refractivity contribution < 1.29 is 13.9 Å². The predicted octanol–water partition coefficient (Wildman–Crippen LogP) is 1.91. The largest absolute Gasteiger partial charge is 0.461 e. The summed E-state index contributed by atoms with van der Waals surface area (Å²) in [5.41, 5.74) is -0.507. The van der Waals surface area contributed by atoms with Gasteiger partial charge in [0.15, 0.2) is 11.7 Å². The monoisotopic (exact) mass is 505 g/mol. The normalized spacial score (nSPS) is 11.5. The Morgan fingerprint density at radius 1 is 1.25 bits per heavy atom. The van der Waals surface area contributed by atoms with E-state index in [4.69, 9.17) is 9.15 Å². The zero-order valence-electron chi connectivity index (χ0n) is 16.5. The third-order valence-electron chi connectivity index (χ3n) is 3.24. The number of halogens is 1. The molecule has 2 aromatic rings. The predicted molar refractivity (Wildman–Crippen MR) is 117 cm³/mol.